The third kappa shape index (κ3) is 6.31. The molecule has 1 atom stereocenters. The number of carbonyl (C=O) groups excluding carboxylic acids is 1. The van der Waals surface area contributed by atoms with Crippen LogP contribution in [0.2, 0.25) is 0 Å². The van der Waals surface area contributed by atoms with Crippen molar-refractivity contribution < 1.29 is 19.4 Å². The van der Waals surface area contributed by atoms with Crippen LogP contribution in [0.15, 0.2) is 24.3 Å². The van der Waals surface area contributed by atoms with Crippen molar-refractivity contribution in [3.8, 4) is 11.5 Å². The Balaban J connectivity index is 2.73. The molecule has 0 saturated carbocycles. The number of hydrogen-bond donors (Lipinski definition) is 2. The molecule has 0 spiro atoms. The largest absolute Gasteiger partial charge is 0.493 e. The van der Waals surface area contributed by atoms with Crippen LogP contribution in [0.25, 0.3) is 6.08 Å². The Morgan fingerprint density at radius 2 is 2.05 bits per heavy atom. The van der Waals surface area contributed by atoms with Crippen LogP contribution in [-0.2, 0) is 4.79 Å². The molecule has 0 bridgehead atoms. The fourth-order valence-corrected chi connectivity index (χ4v) is 1.62. The fourth-order valence-electron chi connectivity index (χ4n) is 1.62. The van der Waals surface area contributed by atoms with Gasteiger partial charge < -0.3 is 19.9 Å². The van der Waals surface area contributed by atoms with Gasteiger partial charge in [-0.1, -0.05) is 6.07 Å². The summed E-state index contributed by atoms with van der Waals surface area (Å²) in [6.07, 6.45) is 2.60. The highest BCUT2D eigenvalue weighted by Gasteiger charge is 2.06. The number of aliphatic hydroxyl groups is 1. The first kappa shape index (κ1) is 17.0. The SMILES string of the molecule is COc1cc(/C=C/C(=O)NCC(C)O)ccc1OC(C)C. The molecule has 0 aliphatic heterocycles. The summed E-state index contributed by atoms with van der Waals surface area (Å²) in [7, 11) is 1.57. The Kier molecular flexibility index (Phi) is 6.75. The summed E-state index contributed by atoms with van der Waals surface area (Å²) in [4.78, 5) is 11.5. The van der Waals surface area contributed by atoms with E-state index in [1.807, 2.05) is 26.0 Å². The maximum Gasteiger partial charge on any atom is 0.244 e. The lowest BCUT2D eigenvalue weighted by molar-refractivity contribution is -0.116. The average Bonchev–Trinajstić information content (AvgIpc) is 2.43. The van der Waals surface area contributed by atoms with Crippen LogP contribution >= 0.6 is 0 Å². The van der Waals surface area contributed by atoms with Crippen LogP contribution in [0.3, 0.4) is 0 Å². The number of methoxy groups -OCH3 is 1. The van der Waals surface area contributed by atoms with Crippen LogP contribution < -0.4 is 14.8 Å². The van der Waals surface area contributed by atoms with Crippen LogP contribution in [0.4, 0.5) is 0 Å². The molecule has 0 fully saturated rings. The maximum absolute atomic E-state index is 11.5. The summed E-state index contributed by atoms with van der Waals surface area (Å²) in [5.41, 5.74) is 0.829. The van der Waals surface area contributed by atoms with E-state index in [-0.39, 0.29) is 18.6 Å². The molecular weight excluding hydrogens is 270 g/mol. The predicted molar refractivity (Wildman–Crippen MR) is 82.5 cm³/mol. The lowest BCUT2D eigenvalue weighted by Gasteiger charge is -2.13. The van der Waals surface area contributed by atoms with Gasteiger partial charge in [-0.05, 0) is 44.5 Å². The van der Waals surface area contributed by atoms with Gasteiger partial charge in [-0.3, -0.25) is 4.79 Å². The molecule has 1 rings (SSSR count). The molecule has 0 aromatic heterocycles. The zero-order chi connectivity index (χ0) is 15.8. The molecule has 0 aliphatic carbocycles. The number of ether oxygens (including phenoxy) is 2. The van der Waals surface area contributed by atoms with Crippen molar-refractivity contribution in [2.45, 2.75) is 33.0 Å². The summed E-state index contributed by atoms with van der Waals surface area (Å²) < 4.78 is 10.9. The monoisotopic (exact) mass is 293 g/mol. The minimum Gasteiger partial charge on any atom is -0.493 e. The fraction of sp³-hybridized carbons (Fsp3) is 0.438. The van der Waals surface area contributed by atoms with E-state index in [1.165, 1.54) is 6.08 Å². The Morgan fingerprint density at radius 3 is 2.62 bits per heavy atom. The summed E-state index contributed by atoms with van der Waals surface area (Å²) in [6.45, 7) is 5.73. The van der Waals surface area contributed by atoms with E-state index in [4.69, 9.17) is 14.6 Å². The number of nitrogens with one attached hydrogen (secondary N) is 1. The number of aliphatic hydroxyl groups excluding tert-OH is 1. The van der Waals surface area contributed by atoms with Gasteiger partial charge in [0.15, 0.2) is 11.5 Å². The smallest absolute Gasteiger partial charge is 0.244 e. The Hall–Kier alpha value is -2.01. The molecule has 0 heterocycles. The van der Waals surface area contributed by atoms with Gasteiger partial charge in [0.25, 0.3) is 0 Å². The first-order valence-electron chi connectivity index (χ1n) is 6.91. The minimum atomic E-state index is -0.560. The van der Waals surface area contributed by atoms with Gasteiger partial charge >= 0.3 is 0 Å². The van der Waals surface area contributed by atoms with Crippen molar-refractivity contribution >= 4 is 12.0 Å². The number of carbonyl (C=O) groups is 1. The molecular formula is C16H23NO4. The molecule has 5 nitrogen and oxygen atoms in total. The lowest BCUT2D eigenvalue weighted by Crippen LogP contribution is -2.28. The van der Waals surface area contributed by atoms with Gasteiger partial charge in [0.2, 0.25) is 5.91 Å². The molecule has 5 heteroatoms. The second kappa shape index (κ2) is 8.32. The summed E-state index contributed by atoms with van der Waals surface area (Å²) in [5.74, 6) is 1.04. The van der Waals surface area contributed by atoms with Crippen LogP contribution in [-0.4, -0.2) is 36.9 Å². The molecule has 1 aromatic rings. The Morgan fingerprint density at radius 1 is 1.33 bits per heavy atom. The van der Waals surface area contributed by atoms with Crippen molar-refractivity contribution in [2.24, 2.45) is 0 Å². The number of benzene rings is 1. The highest BCUT2D eigenvalue weighted by Crippen LogP contribution is 2.29. The van der Waals surface area contributed by atoms with Gasteiger partial charge in [0, 0.05) is 12.6 Å². The van der Waals surface area contributed by atoms with Gasteiger partial charge in [-0.2, -0.15) is 0 Å². The second-order valence-electron chi connectivity index (χ2n) is 5.00. The Labute approximate surface area is 125 Å². The first-order valence-corrected chi connectivity index (χ1v) is 6.91. The standard InChI is InChI=1S/C16H23NO4/c1-11(2)21-14-7-5-13(9-15(14)20-4)6-8-16(19)17-10-12(3)18/h5-9,11-12,18H,10H2,1-4H3,(H,17,19)/b8-6+. The molecule has 0 radical (unpaired) electrons. The quantitative estimate of drug-likeness (QED) is 0.754. The average molecular weight is 293 g/mol. The highest BCUT2D eigenvalue weighted by molar-refractivity contribution is 5.91. The minimum absolute atomic E-state index is 0.0616. The van der Waals surface area contributed by atoms with Crippen molar-refractivity contribution in [3.05, 3.63) is 29.8 Å². The van der Waals surface area contributed by atoms with E-state index in [0.29, 0.717) is 11.5 Å². The van der Waals surface area contributed by atoms with Crippen molar-refractivity contribution in [1.82, 2.24) is 5.32 Å². The molecule has 0 aliphatic rings. The topological polar surface area (TPSA) is 67.8 Å². The van der Waals surface area contributed by atoms with E-state index < -0.39 is 6.10 Å². The number of rotatable bonds is 7. The van der Waals surface area contributed by atoms with Crippen LogP contribution in [0, 0.1) is 0 Å². The third-order valence-electron chi connectivity index (χ3n) is 2.55. The van der Waals surface area contributed by atoms with E-state index in [1.54, 1.807) is 26.2 Å². The number of amides is 1. The van der Waals surface area contributed by atoms with Crippen molar-refractivity contribution in [3.63, 3.8) is 0 Å². The van der Waals surface area contributed by atoms with Crippen LogP contribution in [0.5, 0.6) is 11.5 Å². The highest BCUT2D eigenvalue weighted by atomic mass is 16.5. The molecule has 1 amide bonds. The molecule has 0 saturated heterocycles. The lowest BCUT2D eigenvalue weighted by atomic mass is 10.2. The Bertz CT molecular complexity index is 495. The summed E-state index contributed by atoms with van der Waals surface area (Å²) in [5, 5.41) is 11.7. The number of hydrogen-bond acceptors (Lipinski definition) is 4. The van der Waals surface area contributed by atoms with Crippen molar-refractivity contribution in [1.29, 1.82) is 0 Å². The molecule has 116 valence electrons. The van der Waals surface area contributed by atoms with E-state index in [2.05, 4.69) is 5.32 Å². The van der Waals surface area contributed by atoms with Gasteiger partial charge in [-0.15, -0.1) is 0 Å². The molecule has 21 heavy (non-hydrogen) atoms. The summed E-state index contributed by atoms with van der Waals surface area (Å²) in [6, 6.07) is 5.46. The first-order chi connectivity index (χ1) is 9.92. The zero-order valence-corrected chi connectivity index (χ0v) is 12.9. The maximum atomic E-state index is 11.5. The second-order valence-corrected chi connectivity index (χ2v) is 5.00. The molecule has 2 N–H and O–H groups in total. The van der Waals surface area contributed by atoms with Crippen LogP contribution in [0.1, 0.15) is 26.3 Å². The van der Waals surface area contributed by atoms with Crippen molar-refractivity contribution in [2.75, 3.05) is 13.7 Å². The van der Waals surface area contributed by atoms with E-state index in [0.717, 1.165) is 5.56 Å². The van der Waals surface area contributed by atoms with E-state index >= 15 is 0 Å². The molecule has 1 unspecified atom stereocenters. The normalized spacial score (nSPS) is 12.5. The third-order valence-corrected chi connectivity index (χ3v) is 2.55. The predicted octanol–water partition coefficient (Wildman–Crippen LogP) is 1.99. The zero-order valence-electron chi connectivity index (χ0n) is 12.9. The van der Waals surface area contributed by atoms with E-state index in [9.17, 15) is 4.79 Å². The van der Waals surface area contributed by atoms with Gasteiger partial charge in [0.05, 0.1) is 19.3 Å². The summed E-state index contributed by atoms with van der Waals surface area (Å²) >= 11 is 0. The molecule has 1 aromatic carbocycles. The van der Waals surface area contributed by atoms with Gasteiger partial charge in [-0.25, -0.2) is 0 Å². The van der Waals surface area contributed by atoms with Gasteiger partial charge in [0.1, 0.15) is 0 Å².